The molecule has 0 saturated heterocycles. The summed E-state index contributed by atoms with van der Waals surface area (Å²) in [6.07, 6.45) is -2.95. The second-order valence-corrected chi connectivity index (χ2v) is 5.96. The van der Waals surface area contributed by atoms with E-state index in [0.29, 0.717) is 0 Å². The molecule has 0 aliphatic heterocycles. The van der Waals surface area contributed by atoms with Crippen LogP contribution in [-0.4, -0.2) is 32.5 Å². The number of hydrogen-bond acceptors (Lipinski definition) is 3. The second kappa shape index (κ2) is 5.88. The molecular weight excluding hydrogens is 355 g/mol. The lowest BCUT2D eigenvalue weighted by Gasteiger charge is -2.09. The number of benzene rings is 1. The maximum Gasteiger partial charge on any atom is 0.338 e. The number of carbonyl (C=O) groups is 1. The fourth-order valence-corrected chi connectivity index (χ4v) is 2.90. The number of alkyl halides is 2. The summed E-state index contributed by atoms with van der Waals surface area (Å²) < 4.78 is 62.2. The molecule has 2 N–H and O–H groups in total. The zero-order chi connectivity index (χ0) is 14.8. The van der Waals surface area contributed by atoms with E-state index in [9.17, 15) is 26.4 Å². The normalized spacial score (nSPS) is 11.8. The Morgan fingerprint density at radius 2 is 2.00 bits per heavy atom. The summed E-state index contributed by atoms with van der Waals surface area (Å²) in [6, 6.07) is 1.65. The van der Waals surface area contributed by atoms with E-state index in [4.69, 9.17) is 5.11 Å². The largest absolute Gasteiger partial charge is 0.478 e. The highest BCUT2D eigenvalue weighted by Crippen LogP contribution is 2.24. The molecule has 0 amide bonds. The van der Waals surface area contributed by atoms with Gasteiger partial charge >= 0.3 is 5.97 Å². The molecule has 0 saturated carbocycles. The highest BCUT2D eigenvalue weighted by Gasteiger charge is 2.25. The van der Waals surface area contributed by atoms with Crippen molar-refractivity contribution >= 4 is 31.9 Å². The first kappa shape index (κ1) is 15.9. The molecule has 0 atom stereocenters. The molecule has 1 aromatic carbocycles. The second-order valence-electron chi connectivity index (χ2n) is 3.31. The predicted octanol–water partition coefficient (Wildman–Crippen LogP) is 1.83. The molecule has 0 aromatic heterocycles. The molecule has 1 aromatic rings. The fourth-order valence-electron chi connectivity index (χ4n) is 1.17. The lowest BCUT2D eigenvalue weighted by Crippen LogP contribution is -2.29. The van der Waals surface area contributed by atoms with Crippen LogP contribution in [0.5, 0.6) is 0 Å². The monoisotopic (exact) mass is 361 g/mol. The van der Waals surface area contributed by atoms with Crippen molar-refractivity contribution in [3.05, 3.63) is 28.0 Å². The Balaban J connectivity index is 3.31. The summed E-state index contributed by atoms with van der Waals surface area (Å²) in [5, 5.41) is 8.70. The van der Waals surface area contributed by atoms with Crippen LogP contribution in [0, 0.1) is 5.82 Å². The molecule has 10 heteroatoms. The molecule has 19 heavy (non-hydrogen) atoms. The van der Waals surface area contributed by atoms with Gasteiger partial charge in [0.25, 0.3) is 6.43 Å². The first-order valence-corrected chi connectivity index (χ1v) is 6.93. The van der Waals surface area contributed by atoms with Crippen LogP contribution in [-0.2, 0) is 10.0 Å². The SMILES string of the molecule is O=C(O)c1cc(Br)cc(S(=O)(=O)NCC(F)F)c1F. The number of carboxylic acid groups (broad SMARTS) is 1. The molecule has 0 bridgehead atoms. The third-order valence-electron chi connectivity index (χ3n) is 1.95. The molecule has 0 unspecified atom stereocenters. The number of hydrogen-bond donors (Lipinski definition) is 2. The Morgan fingerprint density at radius 3 is 2.47 bits per heavy atom. The third kappa shape index (κ3) is 3.91. The number of carboxylic acids is 1. The van der Waals surface area contributed by atoms with Crippen molar-refractivity contribution in [2.45, 2.75) is 11.3 Å². The fraction of sp³-hybridized carbons (Fsp3) is 0.222. The quantitative estimate of drug-likeness (QED) is 0.837. The van der Waals surface area contributed by atoms with Gasteiger partial charge in [0, 0.05) is 4.47 Å². The third-order valence-corrected chi connectivity index (χ3v) is 3.83. The van der Waals surface area contributed by atoms with Gasteiger partial charge in [0.2, 0.25) is 10.0 Å². The van der Waals surface area contributed by atoms with Crippen LogP contribution in [0.15, 0.2) is 21.5 Å². The molecule has 0 fully saturated rings. The van der Waals surface area contributed by atoms with Gasteiger partial charge in [0.15, 0.2) is 5.82 Å². The number of sulfonamides is 1. The molecule has 0 radical (unpaired) electrons. The standard InChI is InChI=1S/C9H7BrF3NO4S/c10-4-1-5(9(15)16)8(13)6(2-4)19(17,18)14-3-7(11)12/h1-2,7,14H,3H2,(H,15,16). The zero-order valence-corrected chi connectivity index (χ0v) is 11.4. The first-order chi connectivity index (χ1) is 8.65. The van der Waals surface area contributed by atoms with Gasteiger partial charge in [-0.1, -0.05) is 15.9 Å². The van der Waals surface area contributed by atoms with E-state index >= 15 is 0 Å². The van der Waals surface area contributed by atoms with Gasteiger partial charge in [-0.15, -0.1) is 0 Å². The van der Waals surface area contributed by atoms with Gasteiger partial charge in [0.1, 0.15) is 4.90 Å². The predicted molar refractivity (Wildman–Crippen MR) is 62.3 cm³/mol. The van der Waals surface area contributed by atoms with Crippen molar-refractivity contribution in [2.24, 2.45) is 0 Å². The minimum Gasteiger partial charge on any atom is -0.478 e. The number of halogens is 4. The summed E-state index contributed by atoms with van der Waals surface area (Å²) in [5.74, 6) is -3.19. The molecule has 0 spiro atoms. The highest BCUT2D eigenvalue weighted by atomic mass is 79.9. The molecule has 0 heterocycles. The van der Waals surface area contributed by atoms with E-state index in [1.807, 2.05) is 0 Å². The van der Waals surface area contributed by atoms with Gasteiger partial charge in [-0.2, -0.15) is 0 Å². The summed E-state index contributed by atoms with van der Waals surface area (Å²) in [6.45, 7) is -1.20. The van der Waals surface area contributed by atoms with Crippen molar-refractivity contribution in [3.8, 4) is 0 Å². The lowest BCUT2D eigenvalue weighted by atomic mass is 10.2. The van der Waals surface area contributed by atoms with Crippen LogP contribution in [0.2, 0.25) is 0 Å². The van der Waals surface area contributed by atoms with Gasteiger partial charge in [0.05, 0.1) is 12.1 Å². The Labute approximate surface area is 114 Å². The number of nitrogens with one attached hydrogen (secondary N) is 1. The van der Waals surface area contributed by atoms with Crippen molar-refractivity contribution in [1.82, 2.24) is 4.72 Å². The van der Waals surface area contributed by atoms with Crippen LogP contribution in [0.3, 0.4) is 0 Å². The molecule has 0 aliphatic rings. The average Bonchev–Trinajstić information content (AvgIpc) is 2.28. The van der Waals surface area contributed by atoms with E-state index in [0.717, 1.165) is 12.1 Å². The van der Waals surface area contributed by atoms with Crippen LogP contribution >= 0.6 is 15.9 Å². The smallest absolute Gasteiger partial charge is 0.338 e. The van der Waals surface area contributed by atoms with Crippen molar-refractivity contribution in [2.75, 3.05) is 6.54 Å². The summed E-state index contributed by atoms with van der Waals surface area (Å²) in [5.41, 5.74) is -0.883. The topological polar surface area (TPSA) is 83.5 Å². The first-order valence-electron chi connectivity index (χ1n) is 4.65. The van der Waals surface area contributed by atoms with E-state index in [1.54, 1.807) is 0 Å². The number of aromatic carboxylic acids is 1. The molecule has 0 aliphatic carbocycles. The van der Waals surface area contributed by atoms with Gasteiger partial charge in [-0.25, -0.2) is 31.1 Å². The Hall–Kier alpha value is -1.13. The van der Waals surface area contributed by atoms with Crippen molar-refractivity contribution in [3.63, 3.8) is 0 Å². The van der Waals surface area contributed by atoms with E-state index < -0.39 is 45.2 Å². The molecule has 106 valence electrons. The summed E-state index contributed by atoms with van der Waals surface area (Å²) in [7, 11) is -4.56. The van der Waals surface area contributed by atoms with Crippen LogP contribution in [0.4, 0.5) is 13.2 Å². The minimum atomic E-state index is -4.56. The van der Waals surface area contributed by atoms with E-state index in [1.165, 1.54) is 4.72 Å². The minimum absolute atomic E-state index is 0.0104. The van der Waals surface area contributed by atoms with Crippen molar-refractivity contribution in [1.29, 1.82) is 0 Å². The van der Waals surface area contributed by atoms with Gasteiger partial charge in [-0.05, 0) is 12.1 Å². The molecule has 5 nitrogen and oxygen atoms in total. The summed E-state index contributed by atoms with van der Waals surface area (Å²) >= 11 is 2.82. The van der Waals surface area contributed by atoms with Crippen LogP contribution < -0.4 is 4.72 Å². The summed E-state index contributed by atoms with van der Waals surface area (Å²) in [4.78, 5) is 9.71. The Bertz CT molecular complexity index is 606. The highest BCUT2D eigenvalue weighted by molar-refractivity contribution is 9.10. The number of rotatable bonds is 5. The van der Waals surface area contributed by atoms with Gasteiger partial charge in [-0.3, -0.25) is 0 Å². The maximum absolute atomic E-state index is 13.7. The zero-order valence-electron chi connectivity index (χ0n) is 9.03. The maximum atomic E-state index is 13.7. The van der Waals surface area contributed by atoms with Gasteiger partial charge < -0.3 is 5.11 Å². The van der Waals surface area contributed by atoms with E-state index in [-0.39, 0.29) is 4.47 Å². The Morgan fingerprint density at radius 1 is 1.42 bits per heavy atom. The lowest BCUT2D eigenvalue weighted by molar-refractivity contribution is 0.0691. The van der Waals surface area contributed by atoms with Crippen molar-refractivity contribution < 1.29 is 31.5 Å². The van der Waals surface area contributed by atoms with Crippen LogP contribution in [0.25, 0.3) is 0 Å². The Kier molecular flexibility index (Phi) is 4.93. The average molecular weight is 362 g/mol. The van der Waals surface area contributed by atoms with E-state index in [2.05, 4.69) is 15.9 Å². The molecular formula is C9H7BrF3NO4S. The van der Waals surface area contributed by atoms with Crippen LogP contribution in [0.1, 0.15) is 10.4 Å². The molecule has 1 rings (SSSR count).